The first-order chi connectivity index (χ1) is 11.9. The van der Waals surface area contributed by atoms with Crippen LogP contribution in [0.25, 0.3) is 10.9 Å². The van der Waals surface area contributed by atoms with Crippen LogP contribution in [-0.4, -0.2) is 20.0 Å². The Kier molecular flexibility index (Phi) is 4.63. The van der Waals surface area contributed by atoms with E-state index >= 15 is 0 Å². The Morgan fingerprint density at radius 2 is 1.80 bits per heavy atom. The Morgan fingerprint density at radius 1 is 1.00 bits per heavy atom. The number of benzene rings is 2. The van der Waals surface area contributed by atoms with E-state index in [2.05, 4.69) is 4.98 Å². The predicted molar refractivity (Wildman–Crippen MR) is 96.6 cm³/mol. The van der Waals surface area contributed by atoms with Gasteiger partial charge in [0.05, 0.1) is 6.61 Å². The first kappa shape index (κ1) is 17.2. The summed E-state index contributed by atoms with van der Waals surface area (Å²) >= 11 is 0. The number of fused-ring (bicyclic) bond motifs is 1. The van der Waals surface area contributed by atoms with E-state index in [1.807, 2.05) is 32.0 Å². The number of aryl methyl sites for hydroxylation is 2. The van der Waals surface area contributed by atoms with Crippen molar-refractivity contribution >= 4 is 21.0 Å². The van der Waals surface area contributed by atoms with E-state index < -0.39 is 10.1 Å². The number of pyridine rings is 1. The minimum Gasteiger partial charge on any atom is -0.494 e. The highest BCUT2D eigenvalue weighted by molar-refractivity contribution is 7.87. The summed E-state index contributed by atoms with van der Waals surface area (Å²) in [5, 5.41) is 0.821. The van der Waals surface area contributed by atoms with Crippen LogP contribution < -0.4 is 8.92 Å². The molecular weight excluding hydrogens is 338 g/mol. The molecule has 0 aliphatic rings. The molecule has 0 aliphatic heterocycles. The normalized spacial score (nSPS) is 11.5. The molecule has 0 unspecified atom stereocenters. The second kappa shape index (κ2) is 6.72. The van der Waals surface area contributed by atoms with Crippen molar-refractivity contribution < 1.29 is 17.3 Å². The number of rotatable bonds is 5. The molecule has 1 heterocycles. The minimum atomic E-state index is -3.97. The topological polar surface area (TPSA) is 65.5 Å². The van der Waals surface area contributed by atoms with Gasteiger partial charge in [-0.2, -0.15) is 8.42 Å². The van der Waals surface area contributed by atoms with Crippen LogP contribution in [0.3, 0.4) is 0 Å². The molecule has 0 saturated heterocycles. The third kappa shape index (κ3) is 3.58. The zero-order valence-corrected chi connectivity index (χ0v) is 15.1. The highest BCUT2D eigenvalue weighted by atomic mass is 32.2. The second-order valence-electron chi connectivity index (χ2n) is 5.68. The minimum absolute atomic E-state index is 0.0816. The Labute approximate surface area is 147 Å². The van der Waals surface area contributed by atoms with Gasteiger partial charge in [0.25, 0.3) is 0 Å². The monoisotopic (exact) mass is 357 g/mol. The first-order valence-electron chi connectivity index (χ1n) is 7.95. The first-order valence-corrected chi connectivity index (χ1v) is 9.36. The van der Waals surface area contributed by atoms with Gasteiger partial charge in [-0.25, -0.2) is 4.98 Å². The number of hydrogen-bond acceptors (Lipinski definition) is 5. The molecule has 0 bridgehead atoms. The summed E-state index contributed by atoms with van der Waals surface area (Å²) in [6, 6.07) is 13.6. The van der Waals surface area contributed by atoms with E-state index in [9.17, 15) is 8.42 Å². The standard InChI is InChI=1S/C19H19NO4S/c1-4-23-17-11-10-16(12-13(17)2)25(21,22)24-18-7-5-6-15-9-8-14(3)20-19(15)18/h5-12H,4H2,1-3H3. The van der Waals surface area contributed by atoms with Crippen LogP contribution in [0.5, 0.6) is 11.5 Å². The maximum Gasteiger partial charge on any atom is 0.339 e. The average molecular weight is 357 g/mol. The molecule has 0 spiro atoms. The van der Waals surface area contributed by atoms with Crippen LogP contribution in [0.15, 0.2) is 53.4 Å². The lowest BCUT2D eigenvalue weighted by Crippen LogP contribution is -2.11. The van der Waals surface area contributed by atoms with Crippen molar-refractivity contribution in [3.05, 3.63) is 59.8 Å². The quantitative estimate of drug-likeness (QED) is 0.645. The van der Waals surface area contributed by atoms with Crippen LogP contribution in [-0.2, 0) is 10.1 Å². The van der Waals surface area contributed by atoms with Gasteiger partial charge in [-0.1, -0.05) is 18.2 Å². The molecule has 3 rings (SSSR count). The van der Waals surface area contributed by atoms with Crippen molar-refractivity contribution in [1.29, 1.82) is 0 Å². The fraction of sp³-hybridized carbons (Fsp3) is 0.211. The largest absolute Gasteiger partial charge is 0.494 e. The van der Waals surface area contributed by atoms with E-state index in [0.717, 1.165) is 16.6 Å². The molecule has 0 N–H and O–H groups in total. The van der Waals surface area contributed by atoms with Gasteiger partial charge in [0.2, 0.25) is 0 Å². The molecule has 130 valence electrons. The molecule has 6 heteroatoms. The number of para-hydroxylation sites is 1. The van der Waals surface area contributed by atoms with Crippen LogP contribution >= 0.6 is 0 Å². The van der Waals surface area contributed by atoms with E-state index in [0.29, 0.717) is 17.9 Å². The smallest absolute Gasteiger partial charge is 0.339 e. The summed E-state index contributed by atoms with van der Waals surface area (Å²) in [5.74, 6) is 0.872. The van der Waals surface area contributed by atoms with Gasteiger partial charge in [-0.05, 0) is 56.7 Å². The molecule has 2 aromatic carbocycles. The molecule has 0 amide bonds. The predicted octanol–water partition coefficient (Wildman–Crippen LogP) is 4.02. The summed E-state index contributed by atoms with van der Waals surface area (Å²) < 4.78 is 36.1. The summed E-state index contributed by atoms with van der Waals surface area (Å²) in [6.07, 6.45) is 0. The summed E-state index contributed by atoms with van der Waals surface area (Å²) in [5.41, 5.74) is 2.05. The lowest BCUT2D eigenvalue weighted by Gasteiger charge is -2.12. The van der Waals surface area contributed by atoms with E-state index in [-0.39, 0.29) is 10.6 Å². The molecule has 1 aromatic heterocycles. The van der Waals surface area contributed by atoms with Crippen molar-refractivity contribution in [2.24, 2.45) is 0 Å². The van der Waals surface area contributed by atoms with Gasteiger partial charge in [0.1, 0.15) is 16.2 Å². The van der Waals surface area contributed by atoms with Crippen molar-refractivity contribution in [3.8, 4) is 11.5 Å². The van der Waals surface area contributed by atoms with E-state index in [4.69, 9.17) is 8.92 Å². The van der Waals surface area contributed by atoms with Crippen LogP contribution in [0, 0.1) is 13.8 Å². The number of aromatic nitrogens is 1. The Balaban J connectivity index is 2.00. The van der Waals surface area contributed by atoms with Gasteiger partial charge in [0, 0.05) is 11.1 Å². The third-order valence-electron chi connectivity index (χ3n) is 3.76. The van der Waals surface area contributed by atoms with Gasteiger partial charge >= 0.3 is 10.1 Å². The third-order valence-corrected chi connectivity index (χ3v) is 4.99. The molecule has 0 saturated carbocycles. The summed E-state index contributed by atoms with van der Waals surface area (Å²) in [6.45, 7) is 6.04. The van der Waals surface area contributed by atoms with Crippen molar-refractivity contribution in [1.82, 2.24) is 4.98 Å². The van der Waals surface area contributed by atoms with E-state index in [1.165, 1.54) is 6.07 Å². The zero-order chi connectivity index (χ0) is 18.0. The number of nitrogens with zero attached hydrogens (tertiary/aromatic N) is 1. The average Bonchev–Trinajstić information content (AvgIpc) is 2.57. The molecule has 25 heavy (non-hydrogen) atoms. The summed E-state index contributed by atoms with van der Waals surface area (Å²) in [7, 11) is -3.97. The van der Waals surface area contributed by atoms with Gasteiger partial charge < -0.3 is 8.92 Å². The number of hydrogen-bond donors (Lipinski definition) is 0. The fourth-order valence-corrected chi connectivity index (χ4v) is 3.57. The fourth-order valence-electron chi connectivity index (χ4n) is 2.55. The zero-order valence-electron chi connectivity index (χ0n) is 14.3. The second-order valence-corrected chi connectivity index (χ2v) is 7.22. The summed E-state index contributed by atoms with van der Waals surface area (Å²) in [4.78, 5) is 4.48. The SMILES string of the molecule is CCOc1ccc(S(=O)(=O)Oc2cccc3ccc(C)nc23)cc1C. The molecule has 0 radical (unpaired) electrons. The van der Waals surface area contributed by atoms with Crippen LogP contribution in [0.2, 0.25) is 0 Å². The molecule has 3 aromatic rings. The van der Waals surface area contributed by atoms with Gasteiger partial charge in [0.15, 0.2) is 5.75 Å². The van der Waals surface area contributed by atoms with Gasteiger partial charge in [-0.3, -0.25) is 0 Å². The highest BCUT2D eigenvalue weighted by Gasteiger charge is 2.19. The van der Waals surface area contributed by atoms with Crippen molar-refractivity contribution in [2.45, 2.75) is 25.7 Å². The molecule has 0 atom stereocenters. The van der Waals surface area contributed by atoms with E-state index in [1.54, 1.807) is 31.2 Å². The number of ether oxygens (including phenoxy) is 1. The maximum atomic E-state index is 12.7. The van der Waals surface area contributed by atoms with Crippen molar-refractivity contribution in [3.63, 3.8) is 0 Å². The molecule has 5 nitrogen and oxygen atoms in total. The van der Waals surface area contributed by atoms with Crippen molar-refractivity contribution in [2.75, 3.05) is 6.61 Å². The maximum absolute atomic E-state index is 12.7. The molecular formula is C19H19NO4S. The molecule has 0 fully saturated rings. The van der Waals surface area contributed by atoms with Crippen LogP contribution in [0.4, 0.5) is 0 Å². The lowest BCUT2D eigenvalue weighted by molar-refractivity contribution is 0.337. The Bertz CT molecular complexity index is 1030. The Hall–Kier alpha value is -2.60. The lowest BCUT2D eigenvalue weighted by atomic mass is 10.2. The van der Waals surface area contributed by atoms with Gasteiger partial charge in [-0.15, -0.1) is 0 Å². The Morgan fingerprint density at radius 3 is 2.52 bits per heavy atom. The highest BCUT2D eigenvalue weighted by Crippen LogP contribution is 2.28. The molecule has 0 aliphatic carbocycles. The van der Waals surface area contributed by atoms with Crippen LogP contribution in [0.1, 0.15) is 18.2 Å².